The van der Waals surface area contributed by atoms with Crippen LogP contribution in [0.3, 0.4) is 0 Å². The highest BCUT2D eigenvalue weighted by atomic mass is 15.2. The molecule has 0 aliphatic heterocycles. The van der Waals surface area contributed by atoms with Gasteiger partial charge >= 0.3 is 0 Å². The quantitative estimate of drug-likeness (QED) is 0.718. The van der Waals surface area contributed by atoms with E-state index in [0.717, 1.165) is 12.5 Å². The SMILES string of the molecule is CNCC1(N(C)C)CCCC(C)C1. The molecule has 1 rings (SSSR count). The molecule has 0 amide bonds. The Bertz CT molecular complexity index is 152. The summed E-state index contributed by atoms with van der Waals surface area (Å²) in [6, 6.07) is 0. The third-order valence-electron chi connectivity index (χ3n) is 3.52. The van der Waals surface area contributed by atoms with Gasteiger partial charge < -0.3 is 10.2 Å². The fourth-order valence-electron chi connectivity index (χ4n) is 2.69. The topological polar surface area (TPSA) is 15.3 Å². The van der Waals surface area contributed by atoms with Gasteiger partial charge in [0, 0.05) is 12.1 Å². The molecule has 1 aliphatic rings. The molecular weight excluding hydrogens is 160 g/mol. The molecule has 2 unspecified atom stereocenters. The lowest BCUT2D eigenvalue weighted by Crippen LogP contribution is -2.53. The number of nitrogens with zero attached hydrogens (tertiary/aromatic N) is 1. The van der Waals surface area contributed by atoms with Crippen LogP contribution in [0.2, 0.25) is 0 Å². The summed E-state index contributed by atoms with van der Waals surface area (Å²) in [5.74, 6) is 0.893. The van der Waals surface area contributed by atoms with Crippen molar-refractivity contribution in [3.8, 4) is 0 Å². The standard InChI is InChI=1S/C11H24N2/c1-10-6-5-7-11(8-10,9-12-2)13(3)4/h10,12H,5-9H2,1-4H3. The van der Waals surface area contributed by atoms with Gasteiger partial charge in [-0.2, -0.15) is 0 Å². The zero-order valence-corrected chi connectivity index (χ0v) is 9.56. The van der Waals surface area contributed by atoms with Gasteiger partial charge in [-0.05, 0) is 39.9 Å². The van der Waals surface area contributed by atoms with Gasteiger partial charge in [0.15, 0.2) is 0 Å². The molecule has 13 heavy (non-hydrogen) atoms. The minimum atomic E-state index is 0.423. The van der Waals surface area contributed by atoms with Crippen molar-refractivity contribution in [2.45, 2.75) is 38.1 Å². The predicted octanol–water partition coefficient (Wildman–Crippen LogP) is 1.72. The van der Waals surface area contributed by atoms with Crippen molar-refractivity contribution in [1.29, 1.82) is 0 Å². The molecule has 2 nitrogen and oxygen atoms in total. The van der Waals surface area contributed by atoms with E-state index in [4.69, 9.17) is 0 Å². The van der Waals surface area contributed by atoms with Gasteiger partial charge in [-0.15, -0.1) is 0 Å². The van der Waals surface area contributed by atoms with E-state index < -0.39 is 0 Å². The molecule has 2 atom stereocenters. The first-order valence-corrected chi connectivity index (χ1v) is 5.43. The van der Waals surface area contributed by atoms with Gasteiger partial charge in [0.25, 0.3) is 0 Å². The summed E-state index contributed by atoms with van der Waals surface area (Å²) in [5.41, 5.74) is 0.423. The molecule has 1 fully saturated rings. The lowest BCUT2D eigenvalue weighted by atomic mass is 9.75. The molecule has 0 heterocycles. The molecule has 0 bridgehead atoms. The normalized spacial score (nSPS) is 35.3. The molecular formula is C11H24N2. The van der Waals surface area contributed by atoms with Crippen LogP contribution >= 0.6 is 0 Å². The Morgan fingerprint density at radius 1 is 1.46 bits per heavy atom. The van der Waals surface area contributed by atoms with Crippen molar-refractivity contribution in [3.63, 3.8) is 0 Å². The Morgan fingerprint density at radius 2 is 2.15 bits per heavy atom. The second kappa shape index (κ2) is 4.43. The molecule has 0 saturated heterocycles. The summed E-state index contributed by atoms with van der Waals surface area (Å²) in [6.07, 6.45) is 5.51. The summed E-state index contributed by atoms with van der Waals surface area (Å²) < 4.78 is 0. The first-order valence-electron chi connectivity index (χ1n) is 5.43. The molecule has 0 aromatic carbocycles. The molecule has 2 heteroatoms. The molecule has 0 aromatic rings. The summed E-state index contributed by atoms with van der Waals surface area (Å²) in [7, 11) is 6.50. The van der Waals surface area contributed by atoms with E-state index in [1.54, 1.807) is 0 Å². The number of hydrogen-bond acceptors (Lipinski definition) is 2. The fourth-order valence-corrected chi connectivity index (χ4v) is 2.69. The van der Waals surface area contributed by atoms with Crippen molar-refractivity contribution in [3.05, 3.63) is 0 Å². The average Bonchev–Trinajstić information content (AvgIpc) is 2.04. The van der Waals surface area contributed by atoms with Crippen LogP contribution < -0.4 is 5.32 Å². The first kappa shape index (κ1) is 11.0. The smallest absolute Gasteiger partial charge is 0.0330 e. The van der Waals surface area contributed by atoms with Gasteiger partial charge in [0.05, 0.1) is 0 Å². The highest BCUT2D eigenvalue weighted by Gasteiger charge is 2.35. The highest BCUT2D eigenvalue weighted by molar-refractivity contribution is 4.94. The van der Waals surface area contributed by atoms with Crippen molar-refractivity contribution < 1.29 is 0 Å². The summed E-state index contributed by atoms with van der Waals surface area (Å²) in [5, 5.41) is 3.34. The van der Waals surface area contributed by atoms with Crippen molar-refractivity contribution in [1.82, 2.24) is 10.2 Å². The van der Waals surface area contributed by atoms with Crippen LogP contribution in [0, 0.1) is 5.92 Å². The molecule has 78 valence electrons. The summed E-state index contributed by atoms with van der Waals surface area (Å²) >= 11 is 0. The van der Waals surface area contributed by atoms with Crippen LogP contribution in [0.1, 0.15) is 32.6 Å². The van der Waals surface area contributed by atoms with Crippen LogP contribution in [0.15, 0.2) is 0 Å². The van der Waals surface area contributed by atoms with Crippen LogP contribution in [0.5, 0.6) is 0 Å². The van der Waals surface area contributed by atoms with Crippen molar-refractivity contribution in [2.75, 3.05) is 27.7 Å². The molecule has 1 N–H and O–H groups in total. The van der Waals surface area contributed by atoms with E-state index in [0.29, 0.717) is 5.54 Å². The second-order valence-electron chi connectivity index (χ2n) is 4.85. The largest absolute Gasteiger partial charge is 0.318 e. The van der Waals surface area contributed by atoms with Crippen LogP contribution in [-0.2, 0) is 0 Å². The van der Waals surface area contributed by atoms with Gasteiger partial charge in [0.1, 0.15) is 0 Å². The Labute approximate surface area is 82.7 Å². The van der Waals surface area contributed by atoms with E-state index in [-0.39, 0.29) is 0 Å². The third kappa shape index (κ3) is 2.44. The second-order valence-corrected chi connectivity index (χ2v) is 4.85. The minimum absolute atomic E-state index is 0.423. The zero-order chi connectivity index (χ0) is 9.90. The minimum Gasteiger partial charge on any atom is -0.318 e. The fraction of sp³-hybridized carbons (Fsp3) is 1.00. The predicted molar refractivity (Wildman–Crippen MR) is 58.0 cm³/mol. The van der Waals surface area contributed by atoms with E-state index in [1.807, 2.05) is 0 Å². The Hall–Kier alpha value is -0.0800. The maximum Gasteiger partial charge on any atom is 0.0330 e. The molecule has 1 saturated carbocycles. The monoisotopic (exact) mass is 184 g/mol. The van der Waals surface area contributed by atoms with E-state index >= 15 is 0 Å². The molecule has 0 spiro atoms. The lowest BCUT2D eigenvalue weighted by molar-refractivity contribution is 0.0772. The van der Waals surface area contributed by atoms with Crippen molar-refractivity contribution >= 4 is 0 Å². The van der Waals surface area contributed by atoms with Crippen LogP contribution in [0.4, 0.5) is 0 Å². The summed E-state index contributed by atoms with van der Waals surface area (Å²) in [4.78, 5) is 2.42. The number of hydrogen-bond donors (Lipinski definition) is 1. The Morgan fingerprint density at radius 3 is 2.62 bits per heavy atom. The zero-order valence-electron chi connectivity index (χ0n) is 9.56. The Balaban J connectivity index is 2.64. The van der Waals surface area contributed by atoms with Gasteiger partial charge in [-0.25, -0.2) is 0 Å². The van der Waals surface area contributed by atoms with Gasteiger partial charge in [-0.1, -0.05) is 19.8 Å². The number of rotatable bonds is 3. The van der Waals surface area contributed by atoms with Crippen LogP contribution in [0.25, 0.3) is 0 Å². The number of nitrogens with one attached hydrogen (secondary N) is 1. The summed E-state index contributed by atoms with van der Waals surface area (Å²) in [6.45, 7) is 3.51. The lowest BCUT2D eigenvalue weighted by Gasteiger charge is -2.45. The maximum atomic E-state index is 3.34. The van der Waals surface area contributed by atoms with Crippen LogP contribution in [-0.4, -0.2) is 38.1 Å². The van der Waals surface area contributed by atoms with E-state index in [1.165, 1.54) is 25.7 Å². The number of likely N-dealkylation sites (N-methyl/N-ethyl adjacent to an activating group) is 2. The Kier molecular flexibility index (Phi) is 3.74. The molecule has 1 aliphatic carbocycles. The molecule has 0 aromatic heterocycles. The van der Waals surface area contributed by atoms with Gasteiger partial charge in [0.2, 0.25) is 0 Å². The van der Waals surface area contributed by atoms with E-state index in [2.05, 4.69) is 38.3 Å². The third-order valence-corrected chi connectivity index (χ3v) is 3.52. The maximum absolute atomic E-state index is 3.34. The average molecular weight is 184 g/mol. The highest BCUT2D eigenvalue weighted by Crippen LogP contribution is 2.34. The van der Waals surface area contributed by atoms with E-state index in [9.17, 15) is 0 Å². The first-order chi connectivity index (χ1) is 6.10. The van der Waals surface area contributed by atoms with Gasteiger partial charge in [-0.3, -0.25) is 0 Å². The van der Waals surface area contributed by atoms with Crippen molar-refractivity contribution in [2.24, 2.45) is 5.92 Å². The molecule has 0 radical (unpaired) electrons.